The van der Waals surface area contributed by atoms with Gasteiger partial charge in [-0.15, -0.1) is 0 Å². The maximum absolute atomic E-state index is 12.1. The van der Waals surface area contributed by atoms with E-state index in [4.69, 9.17) is 5.26 Å². The van der Waals surface area contributed by atoms with Gasteiger partial charge >= 0.3 is 0 Å². The van der Waals surface area contributed by atoms with E-state index in [0.717, 1.165) is 12.1 Å². The zero-order valence-electron chi connectivity index (χ0n) is 12.3. The molecule has 1 amide bonds. The highest BCUT2D eigenvalue weighted by Crippen LogP contribution is 2.20. The summed E-state index contributed by atoms with van der Waals surface area (Å²) in [5.74, 6) is 0.351. The van der Waals surface area contributed by atoms with Crippen LogP contribution < -0.4 is 5.32 Å². The lowest BCUT2D eigenvalue weighted by atomic mass is 9.98. The van der Waals surface area contributed by atoms with Crippen molar-refractivity contribution in [3.05, 3.63) is 65.2 Å². The fourth-order valence-electron chi connectivity index (χ4n) is 2.03. The van der Waals surface area contributed by atoms with Gasteiger partial charge in [-0.3, -0.25) is 4.79 Å². The molecule has 2 rings (SSSR count). The third-order valence-electron chi connectivity index (χ3n) is 3.63. The number of carbonyl (C=O) groups is 1. The molecule has 0 radical (unpaired) electrons. The summed E-state index contributed by atoms with van der Waals surface area (Å²) in [7, 11) is 0. The molecule has 0 spiro atoms. The van der Waals surface area contributed by atoms with Gasteiger partial charge < -0.3 is 5.32 Å². The second-order valence-corrected chi connectivity index (χ2v) is 5.07. The number of nitrogens with one attached hydrogen (secondary N) is 1. The predicted molar refractivity (Wildman–Crippen MR) is 84.3 cm³/mol. The Kier molecular flexibility index (Phi) is 4.73. The summed E-state index contributed by atoms with van der Waals surface area (Å²) >= 11 is 0. The highest BCUT2D eigenvalue weighted by molar-refractivity contribution is 6.04. The fourth-order valence-corrected chi connectivity index (χ4v) is 2.03. The van der Waals surface area contributed by atoms with Gasteiger partial charge in [0.25, 0.3) is 5.91 Å². The van der Waals surface area contributed by atoms with Gasteiger partial charge in [-0.05, 0) is 54.3 Å². The van der Waals surface area contributed by atoms with E-state index in [-0.39, 0.29) is 5.91 Å². The van der Waals surface area contributed by atoms with Crippen LogP contribution >= 0.6 is 0 Å². The van der Waals surface area contributed by atoms with Crippen molar-refractivity contribution in [1.82, 2.24) is 0 Å². The number of benzene rings is 2. The van der Waals surface area contributed by atoms with Gasteiger partial charge in [-0.25, -0.2) is 0 Å². The molecule has 0 aromatic heterocycles. The lowest BCUT2D eigenvalue weighted by Crippen LogP contribution is -2.11. The molecule has 0 saturated heterocycles. The van der Waals surface area contributed by atoms with Crippen LogP contribution in [0.2, 0.25) is 0 Å². The molecule has 1 atom stereocenters. The first kappa shape index (κ1) is 14.8. The zero-order chi connectivity index (χ0) is 15.2. The molecule has 2 aromatic carbocycles. The van der Waals surface area contributed by atoms with E-state index in [9.17, 15) is 4.79 Å². The van der Waals surface area contributed by atoms with Crippen molar-refractivity contribution in [2.24, 2.45) is 0 Å². The van der Waals surface area contributed by atoms with Crippen LogP contribution in [0.1, 0.15) is 47.7 Å². The molecular formula is C18H18N2O. The number of hydrogen-bond acceptors (Lipinski definition) is 2. The van der Waals surface area contributed by atoms with E-state index in [0.29, 0.717) is 17.0 Å². The van der Waals surface area contributed by atoms with Crippen molar-refractivity contribution in [2.75, 3.05) is 5.32 Å². The highest BCUT2D eigenvalue weighted by atomic mass is 16.1. The molecule has 0 saturated carbocycles. The molecular weight excluding hydrogens is 260 g/mol. The maximum Gasteiger partial charge on any atom is 0.255 e. The Hall–Kier alpha value is -2.60. The second-order valence-electron chi connectivity index (χ2n) is 5.07. The Balaban J connectivity index is 2.07. The number of amides is 1. The van der Waals surface area contributed by atoms with E-state index >= 15 is 0 Å². The quantitative estimate of drug-likeness (QED) is 0.905. The SMILES string of the molecule is CC[C@H](C)c1ccc(NC(=O)c2ccc(C#N)cc2)cc1. The third kappa shape index (κ3) is 3.70. The Morgan fingerprint density at radius 1 is 1.14 bits per heavy atom. The maximum atomic E-state index is 12.1. The lowest BCUT2D eigenvalue weighted by molar-refractivity contribution is 0.102. The summed E-state index contributed by atoms with van der Waals surface area (Å²) in [6.07, 6.45) is 1.09. The summed E-state index contributed by atoms with van der Waals surface area (Å²) in [6, 6.07) is 16.5. The normalized spacial score (nSPS) is 11.5. The predicted octanol–water partition coefficient (Wildman–Crippen LogP) is 4.32. The van der Waals surface area contributed by atoms with Gasteiger partial charge in [-0.2, -0.15) is 5.26 Å². The topological polar surface area (TPSA) is 52.9 Å². The summed E-state index contributed by atoms with van der Waals surface area (Å²) in [5.41, 5.74) is 3.13. The summed E-state index contributed by atoms with van der Waals surface area (Å²) in [4.78, 5) is 12.1. The van der Waals surface area contributed by atoms with Crippen LogP contribution in [0.25, 0.3) is 0 Å². The number of nitriles is 1. The van der Waals surface area contributed by atoms with Crippen LogP contribution in [-0.4, -0.2) is 5.91 Å². The average Bonchev–Trinajstić information content (AvgIpc) is 2.55. The molecule has 3 nitrogen and oxygen atoms in total. The molecule has 0 unspecified atom stereocenters. The minimum atomic E-state index is -0.171. The summed E-state index contributed by atoms with van der Waals surface area (Å²) < 4.78 is 0. The third-order valence-corrected chi connectivity index (χ3v) is 3.63. The monoisotopic (exact) mass is 278 g/mol. The first-order chi connectivity index (χ1) is 10.1. The average molecular weight is 278 g/mol. The van der Waals surface area contributed by atoms with Gasteiger partial charge in [0.05, 0.1) is 11.6 Å². The minimum Gasteiger partial charge on any atom is -0.322 e. The van der Waals surface area contributed by atoms with Crippen molar-refractivity contribution in [1.29, 1.82) is 5.26 Å². The van der Waals surface area contributed by atoms with Gasteiger partial charge in [0.1, 0.15) is 0 Å². The molecule has 0 fully saturated rings. The van der Waals surface area contributed by atoms with E-state index in [1.807, 2.05) is 30.3 Å². The highest BCUT2D eigenvalue weighted by Gasteiger charge is 2.07. The first-order valence-corrected chi connectivity index (χ1v) is 7.05. The Morgan fingerprint density at radius 2 is 1.76 bits per heavy atom. The number of rotatable bonds is 4. The van der Waals surface area contributed by atoms with Crippen LogP contribution in [-0.2, 0) is 0 Å². The molecule has 0 aliphatic rings. The molecule has 1 N–H and O–H groups in total. The fraction of sp³-hybridized carbons (Fsp3) is 0.222. The van der Waals surface area contributed by atoms with Crippen molar-refractivity contribution in [3.63, 3.8) is 0 Å². The number of anilines is 1. The van der Waals surface area contributed by atoms with Crippen LogP contribution in [0.5, 0.6) is 0 Å². The van der Waals surface area contributed by atoms with Crippen LogP contribution in [0.4, 0.5) is 5.69 Å². The van der Waals surface area contributed by atoms with E-state index in [2.05, 4.69) is 19.2 Å². The largest absolute Gasteiger partial charge is 0.322 e. The van der Waals surface area contributed by atoms with Gasteiger partial charge in [-0.1, -0.05) is 26.0 Å². The second kappa shape index (κ2) is 6.71. The lowest BCUT2D eigenvalue weighted by Gasteiger charge is -2.10. The molecule has 0 heterocycles. The van der Waals surface area contributed by atoms with Crippen LogP contribution in [0, 0.1) is 11.3 Å². The van der Waals surface area contributed by atoms with Crippen molar-refractivity contribution < 1.29 is 4.79 Å². The molecule has 21 heavy (non-hydrogen) atoms. The van der Waals surface area contributed by atoms with Crippen molar-refractivity contribution in [3.8, 4) is 6.07 Å². The molecule has 0 bridgehead atoms. The van der Waals surface area contributed by atoms with Crippen LogP contribution in [0.3, 0.4) is 0 Å². The van der Waals surface area contributed by atoms with E-state index < -0.39 is 0 Å². The van der Waals surface area contributed by atoms with Crippen molar-refractivity contribution in [2.45, 2.75) is 26.2 Å². The van der Waals surface area contributed by atoms with Gasteiger partial charge in [0, 0.05) is 11.3 Å². The standard InChI is InChI=1S/C18H18N2O/c1-3-13(2)15-8-10-17(11-9-15)20-18(21)16-6-4-14(12-19)5-7-16/h4-11,13H,3H2,1-2H3,(H,20,21)/t13-/m0/s1. The number of nitrogens with zero attached hydrogens (tertiary/aromatic N) is 1. The Labute approximate surface area is 125 Å². The molecule has 0 aliphatic heterocycles. The Morgan fingerprint density at radius 3 is 2.29 bits per heavy atom. The number of carbonyl (C=O) groups excluding carboxylic acids is 1. The van der Waals surface area contributed by atoms with E-state index in [1.165, 1.54) is 5.56 Å². The molecule has 0 aliphatic carbocycles. The van der Waals surface area contributed by atoms with Crippen molar-refractivity contribution >= 4 is 11.6 Å². The van der Waals surface area contributed by atoms with Gasteiger partial charge in [0.2, 0.25) is 0 Å². The zero-order valence-corrected chi connectivity index (χ0v) is 12.3. The Bertz CT molecular complexity index is 651. The minimum absolute atomic E-state index is 0.171. The molecule has 3 heteroatoms. The number of hydrogen-bond donors (Lipinski definition) is 1. The summed E-state index contributed by atoms with van der Waals surface area (Å²) in [5, 5.41) is 11.6. The smallest absolute Gasteiger partial charge is 0.255 e. The van der Waals surface area contributed by atoms with Gasteiger partial charge in [0.15, 0.2) is 0 Å². The summed E-state index contributed by atoms with van der Waals surface area (Å²) in [6.45, 7) is 4.34. The van der Waals surface area contributed by atoms with Crippen LogP contribution in [0.15, 0.2) is 48.5 Å². The molecule has 2 aromatic rings. The first-order valence-electron chi connectivity index (χ1n) is 7.05. The molecule has 106 valence electrons. The van der Waals surface area contributed by atoms with E-state index in [1.54, 1.807) is 24.3 Å².